The van der Waals surface area contributed by atoms with Crippen molar-refractivity contribution in [1.29, 1.82) is 0 Å². The van der Waals surface area contributed by atoms with Gasteiger partial charge in [0.15, 0.2) is 5.13 Å². The number of carbonyl (C=O) groups is 2. The quantitative estimate of drug-likeness (QED) is 0.113. The van der Waals surface area contributed by atoms with Gasteiger partial charge in [0.25, 0.3) is 11.5 Å². The Morgan fingerprint density at radius 1 is 1.08 bits per heavy atom. The van der Waals surface area contributed by atoms with Crippen LogP contribution in [0.2, 0.25) is 0 Å². The molecule has 3 aromatic carbocycles. The van der Waals surface area contributed by atoms with Gasteiger partial charge in [0.05, 0.1) is 40.5 Å². The zero-order chi connectivity index (χ0) is 27.0. The van der Waals surface area contributed by atoms with Crippen molar-refractivity contribution in [2.24, 2.45) is 0 Å². The minimum atomic E-state index is -1.06. The first-order valence-corrected chi connectivity index (χ1v) is 12.4. The fourth-order valence-electron chi connectivity index (χ4n) is 4.28. The summed E-state index contributed by atoms with van der Waals surface area (Å²) in [7, 11) is 1.50. The molecule has 1 saturated heterocycles. The van der Waals surface area contributed by atoms with Gasteiger partial charge in [-0.1, -0.05) is 11.3 Å². The van der Waals surface area contributed by atoms with Gasteiger partial charge in [-0.15, -0.1) is 0 Å². The SMILES string of the molecule is CCOc1ccc2nc(N3C(=O)C(=O)/C(=C(/O)c4ccc(OC)cc4)[C@@H]3c3ccc([N+](=O)[O-])cc3)sc2c1. The van der Waals surface area contributed by atoms with Crippen LogP contribution in [0.3, 0.4) is 0 Å². The number of ether oxygens (including phenoxy) is 2. The molecule has 1 atom stereocenters. The van der Waals surface area contributed by atoms with Crippen molar-refractivity contribution in [3.8, 4) is 11.5 Å². The van der Waals surface area contributed by atoms with E-state index in [1.54, 1.807) is 42.5 Å². The predicted molar refractivity (Wildman–Crippen MR) is 142 cm³/mol. The molecule has 1 N–H and O–H groups in total. The van der Waals surface area contributed by atoms with E-state index in [4.69, 9.17) is 9.47 Å². The molecule has 38 heavy (non-hydrogen) atoms. The number of ketones is 1. The van der Waals surface area contributed by atoms with Gasteiger partial charge in [0.2, 0.25) is 0 Å². The molecule has 2 heterocycles. The van der Waals surface area contributed by atoms with Crippen LogP contribution in [0.15, 0.2) is 72.3 Å². The highest BCUT2D eigenvalue weighted by Crippen LogP contribution is 2.45. The van der Waals surface area contributed by atoms with Crippen LogP contribution in [0.1, 0.15) is 24.1 Å². The van der Waals surface area contributed by atoms with Crippen LogP contribution in [-0.2, 0) is 9.59 Å². The maximum Gasteiger partial charge on any atom is 0.301 e. The number of fused-ring (bicyclic) bond motifs is 1. The third-order valence-electron chi connectivity index (χ3n) is 6.09. The van der Waals surface area contributed by atoms with Crippen molar-refractivity contribution in [3.05, 3.63) is 93.5 Å². The van der Waals surface area contributed by atoms with Gasteiger partial charge >= 0.3 is 5.91 Å². The molecule has 4 aromatic rings. The van der Waals surface area contributed by atoms with Crippen LogP contribution in [0, 0.1) is 10.1 Å². The molecule has 0 radical (unpaired) electrons. The smallest absolute Gasteiger partial charge is 0.301 e. The molecular formula is C27H21N3O7S. The normalized spacial score (nSPS) is 16.7. The van der Waals surface area contributed by atoms with Crippen molar-refractivity contribution in [3.63, 3.8) is 0 Å². The molecule has 0 unspecified atom stereocenters. The number of carbonyl (C=O) groups excluding carboxylic acids is 2. The number of hydrogen-bond donors (Lipinski definition) is 1. The van der Waals surface area contributed by atoms with E-state index in [1.807, 2.05) is 6.92 Å². The fraction of sp³-hybridized carbons (Fsp3) is 0.148. The first-order valence-electron chi connectivity index (χ1n) is 11.6. The van der Waals surface area contributed by atoms with Crippen molar-refractivity contribution in [2.75, 3.05) is 18.6 Å². The van der Waals surface area contributed by atoms with Gasteiger partial charge in [-0.3, -0.25) is 24.6 Å². The Bertz CT molecular complexity index is 1590. The van der Waals surface area contributed by atoms with E-state index < -0.39 is 22.7 Å². The third kappa shape index (κ3) is 4.33. The lowest BCUT2D eigenvalue weighted by Gasteiger charge is -2.22. The third-order valence-corrected chi connectivity index (χ3v) is 7.11. The van der Waals surface area contributed by atoms with E-state index in [-0.39, 0.29) is 22.2 Å². The van der Waals surface area contributed by atoms with Crippen LogP contribution >= 0.6 is 11.3 Å². The van der Waals surface area contributed by atoms with Gasteiger partial charge in [-0.05, 0) is 67.1 Å². The van der Waals surface area contributed by atoms with E-state index in [0.717, 1.165) is 4.70 Å². The molecule has 0 bridgehead atoms. The number of anilines is 1. The molecule has 1 aromatic heterocycles. The van der Waals surface area contributed by atoms with Crippen molar-refractivity contribution < 1.29 is 29.1 Å². The van der Waals surface area contributed by atoms with Crippen LogP contribution in [0.25, 0.3) is 16.0 Å². The lowest BCUT2D eigenvalue weighted by molar-refractivity contribution is -0.384. The number of non-ortho nitro benzene ring substituents is 1. The average Bonchev–Trinajstić information content (AvgIpc) is 3.46. The highest BCUT2D eigenvalue weighted by molar-refractivity contribution is 7.22. The average molecular weight is 532 g/mol. The Balaban J connectivity index is 1.68. The van der Waals surface area contributed by atoms with E-state index in [2.05, 4.69) is 4.98 Å². The maximum atomic E-state index is 13.4. The zero-order valence-electron chi connectivity index (χ0n) is 20.3. The Hall–Kier alpha value is -4.77. The molecule has 0 saturated carbocycles. The summed E-state index contributed by atoms with van der Waals surface area (Å²) >= 11 is 1.19. The number of nitro benzene ring substituents is 1. The number of methoxy groups -OCH3 is 1. The summed E-state index contributed by atoms with van der Waals surface area (Å²) in [5, 5.41) is 22.7. The molecule has 0 spiro atoms. The number of aliphatic hydroxyl groups is 1. The molecule has 1 aliphatic rings. The number of amides is 1. The summed E-state index contributed by atoms with van der Waals surface area (Å²) in [6.07, 6.45) is 0. The Morgan fingerprint density at radius 3 is 2.39 bits per heavy atom. The largest absolute Gasteiger partial charge is 0.507 e. The minimum absolute atomic E-state index is 0.149. The van der Waals surface area contributed by atoms with Gasteiger partial charge in [-0.25, -0.2) is 4.98 Å². The zero-order valence-corrected chi connectivity index (χ0v) is 21.1. The van der Waals surface area contributed by atoms with Crippen LogP contribution in [0.5, 0.6) is 11.5 Å². The first-order chi connectivity index (χ1) is 18.3. The summed E-state index contributed by atoms with van der Waals surface area (Å²) in [5.74, 6) is -0.946. The molecule has 11 heteroatoms. The van der Waals surface area contributed by atoms with E-state index in [1.165, 1.54) is 47.6 Å². The number of Topliss-reactive ketones (excluding diaryl/α,β-unsaturated/α-hetero) is 1. The van der Waals surface area contributed by atoms with Gasteiger partial charge in [0, 0.05) is 17.7 Å². The number of rotatable bonds is 7. The summed E-state index contributed by atoms with van der Waals surface area (Å²) in [6, 6.07) is 16.1. The Kier molecular flexibility index (Phi) is 6.52. The summed E-state index contributed by atoms with van der Waals surface area (Å²) < 4.78 is 11.5. The molecule has 10 nitrogen and oxygen atoms in total. The fourth-order valence-corrected chi connectivity index (χ4v) is 5.30. The molecule has 0 aliphatic carbocycles. The Labute approximate surface area is 220 Å². The van der Waals surface area contributed by atoms with Crippen LogP contribution in [-0.4, -0.2) is 40.4 Å². The Morgan fingerprint density at radius 2 is 1.76 bits per heavy atom. The minimum Gasteiger partial charge on any atom is -0.507 e. The van der Waals surface area contributed by atoms with Gasteiger partial charge in [-0.2, -0.15) is 0 Å². The van der Waals surface area contributed by atoms with Gasteiger partial charge < -0.3 is 14.6 Å². The molecule has 1 amide bonds. The summed E-state index contributed by atoms with van der Waals surface area (Å²) in [6.45, 7) is 2.35. The van der Waals surface area contributed by atoms with E-state index in [0.29, 0.717) is 34.7 Å². The monoisotopic (exact) mass is 531 g/mol. The second kappa shape index (κ2) is 9.94. The van der Waals surface area contributed by atoms with Gasteiger partial charge in [0.1, 0.15) is 17.3 Å². The highest BCUT2D eigenvalue weighted by Gasteiger charge is 2.48. The summed E-state index contributed by atoms with van der Waals surface area (Å²) in [4.78, 5) is 43.2. The van der Waals surface area contributed by atoms with Crippen LogP contribution in [0.4, 0.5) is 10.8 Å². The molecule has 1 aliphatic heterocycles. The second-order valence-corrected chi connectivity index (χ2v) is 9.31. The number of nitro groups is 1. The number of aromatic nitrogens is 1. The van der Waals surface area contributed by atoms with E-state index in [9.17, 15) is 24.8 Å². The highest BCUT2D eigenvalue weighted by atomic mass is 32.1. The number of thiazole rings is 1. The number of aliphatic hydroxyl groups excluding tert-OH is 1. The number of hydrogen-bond acceptors (Lipinski definition) is 9. The lowest BCUT2D eigenvalue weighted by Crippen LogP contribution is -2.29. The predicted octanol–water partition coefficient (Wildman–Crippen LogP) is 5.24. The summed E-state index contributed by atoms with van der Waals surface area (Å²) in [5.41, 5.74) is 1.01. The topological polar surface area (TPSA) is 132 Å². The first kappa shape index (κ1) is 24.9. The standard InChI is InChI=1S/C27H21N3O7S/c1-3-37-19-12-13-20-21(14-19)38-27(28-20)29-23(15-4-8-17(9-5-15)30(34)35)22(25(32)26(29)33)24(31)16-6-10-18(36-2)11-7-16/h4-14,23,31H,3H2,1-2H3/b24-22+/t23-/m0/s1. The van der Waals surface area contributed by atoms with Crippen LogP contribution < -0.4 is 14.4 Å². The molecular weight excluding hydrogens is 510 g/mol. The molecule has 192 valence electrons. The number of benzene rings is 3. The van der Waals surface area contributed by atoms with E-state index >= 15 is 0 Å². The van der Waals surface area contributed by atoms with Crippen molar-refractivity contribution in [2.45, 2.75) is 13.0 Å². The maximum absolute atomic E-state index is 13.4. The van der Waals surface area contributed by atoms with Crippen molar-refractivity contribution in [1.82, 2.24) is 4.98 Å². The molecule has 5 rings (SSSR count). The lowest BCUT2D eigenvalue weighted by atomic mass is 9.95. The van der Waals surface area contributed by atoms with Crippen molar-refractivity contribution >= 4 is 49.8 Å². The second-order valence-electron chi connectivity index (χ2n) is 8.31. The number of nitrogens with zero attached hydrogens (tertiary/aromatic N) is 3. The molecule has 1 fully saturated rings.